The SMILES string of the molecule is COc1cc2c(cc1OC)C(N)c1cnn(C)c1-2. The third kappa shape index (κ3) is 1.28. The summed E-state index contributed by atoms with van der Waals surface area (Å²) in [4.78, 5) is 0. The predicted molar refractivity (Wildman–Crippen MR) is 67.8 cm³/mol. The van der Waals surface area contributed by atoms with Crippen LogP contribution in [0.4, 0.5) is 0 Å². The van der Waals surface area contributed by atoms with Crippen LogP contribution < -0.4 is 15.2 Å². The molecule has 1 aromatic heterocycles. The molecule has 0 amide bonds. The number of aromatic nitrogens is 2. The average Bonchev–Trinajstić information content (AvgIpc) is 2.89. The van der Waals surface area contributed by atoms with Crippen molar-refractivity contribution in [3.05, 3.63) is 29.5 Å². The first kappa shape index (κ1) is 11.1. The fourth-order valence-electron chi connectivity index (χ4n) is 2.54. The molecular weight excluding hydrogens is 230 g/mol. The fraction of sp³-hybridized carbons (Fsp3) is 0.308. The molecule has 0 bridgehead atoms. The van der Waals surface area contributed by atoms with Gasteiger partial charge in [-0.2, -0.15) is 5.10 Å². The summed E-state index contributed by atoms with van der Waals surface area (Å²) in [6.07, 6.45) is 1.82. The molecule has 5 heteroatoms. The molecule has 1 aromatic carbocycles. The number of fused-ring (bicyclic) bond motifs is 3. The van der Waals surface area contributed by atoms with E-state index >= 15 is 0 Å². The lowest BCUT2D eigenvalue weighted by Gasteiger charge is -2.12. The van der Waals surface area contributed by atoms with Crippen molar-refractivity contribution >= 4 is 0 Å². The zero-order chi connectivity index (χ0) is 12.9. The molecule has 3 rings (SSSR count). The van der Waals surface area contributed by atoms with Crippen molar-refractivity contribution in [3.63, 3.8) is 0 Å². The molecule has 2 aromatic rings. The highest BCUT2D eigenvalue weighted by Crippen LogP contribution is 2.46. The van der Waals surface area contributed by atoms with Crippen molar-refractivity contribution in [2.75, 3.05) is 14.2 Å². The maximum Gasteiger partial charge on any atom is 0.161 e. The molecule has 1 atom stereocenters. The van der Waals surface area contributed by atoms with Crippen LogP contribution >= 0.6 is 0 Å². The number of ether oxygens (including phenoxy) is 2. The molecule has 0 fully saturated rings. The van der Waals surface area contributed by atoms with Crippen LogP contribution in [0.3, 0.4) is 0 Å². The van der Waals surface area contributed by atoms with Gasteiger partial charge in [-0.1, -0.05) is 0 Å². The molecule has 1 aliphatic rings. The largest absolute Gasteiger partial charge is 0.493 e. The van der Waals surface area contributed by atoms with Gasteiger partial charge in [0.15, 0.2) is 11.5 Å². The minimum absolute atomic E-state index is 0.150. The van der Waals surface area contributed by atoms with E-state index in [4.69, 9.17) is 15.2 Å². The van der Waals surface area contributed by atoms with Crippen molar-refractivity contribution in [1.29, 1.82) is 0 Å². The van der Waals surface area contributed by atoms with Gasteiger partial charge in [-0.3, -0.25) is 4.68 Å². The van der Waals surface area contributed by atoms with Crippen LogP contribution in [-0.4, -0.2) is 24.0 Å². The van der Waals surface area contributed by atoms with E-state index in [1.54, 1.807) is 14.2 Å². The second kappa shape index (κ2) is 3.74. The van der Waals surface area contributed by atoms with E-state index in [1.165, 1.54) is 0 Å². The second-order valence-corrected chi connectivity index (χ2v) is 4.34. The van der Waals surface area contributed by atoms with Crippen molar-refractivity contribution < 1.29 is 9.47 Å². The van der Waals surface area contributed by atoms with Gasteiger partial charge in [-0.05, 0) is 17.7 Å². The quantitative estimate of drug-likeness (QED) is 0.870. The van der Waals surface area contributed by atoms with Gasteiger partial charge in [0.2, 0.25) is 0 Å². The maximum atomic E-state index is 6.24. The molecule has 0 aliphatic heterocycles. The molecule has 0 spiro atoms. The van der Waals surface area contributed by atoms with Crippen LogP contribution in [0.1, 0.15) is 17.2 Å². The lowest BCUT2D eigenvalue weighted by Crippen LogP contribution is -2.08. The summed E-state index contributed by atoms with van der Waals surface area (Å²) in [7, 11) is 5.17. The number of hydrogen-bond donors (Lipinski definition) is 1. The van der Waals surface area contributed by atoms with Gasteiger partial charge in [0.05, 0.1) is 32.2 Å². The summed E-state index contributed by atoms with van der Waals surface area (Å²) in [5.41, 5.74) is 10.5. The Morgan fingerprint density at radius 2 is 1.83 bits per heavy atom. The van der Waals surface area contributed by atoms with E-state index in [0.717, 1.165) is 22.4 Å². The Morgan fingerprint density at radius 1 is 1.17 bits per heavy atom. The van der Waals surface area contributed by atoms with Crippen LogP contribution in [0.25, 0.3) is 11.3 Å². The summed E-state index contributed by atoms with van der Waals surface area (Å²) < 4.78 is 12.5. The van der Waals surface area contributed by atoms with E-state index in [1.807, 2.05) is 30.1 Å². The number of methoxy groups -OCH3 is 2. The van der Waals surface area contributed by atoms with Gasteiger partial charge in [-0.25, -0.2) is 0 Å². The zero-order valence-corrected chi connectivity index (χ0v) is 10.6. The summed E-state index contributed by atoms with van der Waals surface area (Å²) in [5.74, 6) is 1.41. The molecule has 0 saturated carbocycles. The molecule has 2 N–H and O–H groups in total. The highest BCUT2D eigenvalue weighted by Gasteiger charge is 2.31. The van der Waals surface area contributed by atoms with Gasteiger partial charge in [0, 0.05) is 18.2 Å². The number of rotatable bonds is 2. The molecule has 0 radical (unpaired) electrons. The zero-order valence-electron chi connectivity index (χ0n) is 10.6. The lowest BCUT2D eigenvalue weighted by molar-refractivity contribution is 0.354. The normalized spacial score (nSPS) is 16.3. The monoisotopic (exact) mass is 245 g/mol. The summed E-state index contributed by atoms with van der Waals surface area (Å²) in [6.45, 7) is 0. The van der Waals surface area contributed by atoms with Crippen LogP contribution in [0.15, 0.2) is 18.3 Å². The van der Waals surface area contributed by atoms with Crippen molar-refractivity contribution in [2.24, 2.45) is 12.8 Å². The first-order valence-electron chi connectivity index (χ1n) is 5.71. The Morgan fingerprint density at radius 3 is 2.50 bits per heavy atom. The number of aryl methyl sites for hydroxylation is 1. The lowest BCUT2D eigenvalue weighted by atomic mass is 10.1. The molecular formula is C13H15N3O2. The fourth-order valence-corrected chi connectivity index (χ4v) is 2.54. The summed E-state index contributed by atoms with van der Waals surface area (Å²) in [5, 5.41) is 4.25. The molecule has 5 nitrogen and oxygen atoms in total. The Labute approximate surface area is 105 Å². The highest BCUT2D eigenvalue weighted by atomic mass is 16.5. The Kier molecular flexibility index (Phi) is 2.31. The number of benzene rings is 1. The minimum Gasteiger partial charge on any atom is -0.493 e. The predicted octanol–water partition coefficient (Wildman–Crippen LogP) is 1.47. The van der Waals surface area contributed by atoms with E-state index in [9.17, 15) is 0 Å². The number of hydrogen-bond acceptors (Lipinski definition) is 4. The Balaban J connectivity index is 2.28. The molecule has 1 unspecified atom stereocenters. The molecule has 94 valence electrons. The van der Waals surface area contributed by atoms with Crippen LogP contribution in [0, 0.1) is 0 Å². The van der Waals surface area contributed by atoms with E-state index in [0.29, 0.717) is 11.5 Å². The van der Waals surface area contributed by atoms with Crippen LogP contribution in [-0.2, 0) is 7.05 Å². The maximum absolute atomic E-state index is 6.24. The topological polar surface area (TPSA) is 62.3 Å². The second-order valence-electron chi connectivity index (χ2n) is 4.34. The molecule has 0 saturated heterocycles. The minimum atomic E-state index is -0.150. The average molecular weight is 245 g/mol. The van der Waals surface area contributed by atoms with Gasteiger partial charge in [0.1, 0.15) is 0 Å². The Hall–Kier alpha value is -2.01. The highest BCUT2D eigenvalue weighted by molar-refractivity contribution is 5.78. The van der Waals surface area contributed by atoms with Gasteiger partial charge < -0.3 is 15.2 Å². The van der Waals surface area contributed by atoms with E-state index < -0.39 is 0 Å². The standard InChI is InChI=1S/C13H15N3O2/c1-16-13-8-5-11(18-3)10(17-2)4-7(8)12(14)9(13)6-15-16/h4-6,12H,14H2,1-3H3. The first-order valence-corrected chi connectivity index (χ1v) is 5.71. The van der Waals surface area contributed by atoms with Crippen LogP contribution in [0.2, 0.25) is 0 Å². The van der Waals surface area contributed by atoms with Crippen molar-refractivity contribution in [1.82, 2.24) is 9.78 Å². The third-order valence-electron chi connectivity index (χ3n) is 3.45. The van der Waals surface area contributed by atoms with Gasteiger partial charge in [-0.15, -0.1) is 0 Å². The van der Waals surface area contributed by atoms with E-state index in [-0.39, 0.29) is 6.04 Å². The number of nitrogens with two attached hydrogens (primary N) is 1. The van der Waals surface area contributed by atoms with E-state index in [2.05, 4.69) is 5.10 Å². The molecule has 18 heavy (non-hydrogen) atoms. The summed E-state index contributed by atoms with van der Waals surface area (Å²) >= 11 is 0. The Bertz CT molecular complexity index is 619. The first-order chi connectivity index (χ1) is 8.67. The van der Waals surface area contributed by atoms with Gasteiger partial charge >= 0.3 is 0 Å². The molecule has 1 heterocycles. The smallest absolute Gasteiger partial charge is 0.161 e. The van der Waals surface area contributed by atoms with Crippen LogP contribution in [0.5, 0.6) is 11.5 Å². The number of nitrogens with zero attached hydrogens (tertiary/aromatic N) is 2. The third-order valence-corrected chi connectivity index (χ3v) is 3.45. The van der Waals surface area contributed by atoms with Gasteiger partial charge in [0.25, 0.3) is 0 Å². The van der Waals surface area contributed by atoms with Crippen molar-refractivity contribution in [2.45, 2.75) is 6.04 Å². The summed E-state index contributed by atoms with van der Waals surface area (Å²) in [6, 6.07) is 3.75. The van der Waals surface area contributed by atoms with Crippen molar-refractivity contribution in [3.8, 4) is 22.8 Å². The molecule has 1 aliphatic carbocycles.